The molecule has 0 atom stereocenters. The fourth-order valence-corrected chi connectivity index (χ4v) is 2.68. The second kappa shape index (κ2) is 7.35. The second-order valence-corrected chi connectivity index (χ2v) is 5.99. The smallest absolute Gasteiger partial charge is 0.265 e. The molecule has 1 aromatic heterocycles. The van der Waals surface area contributed by atoms with Gasteiger partial charge < -0.3 is 10.1 Å². The number of fused-ring (bicyclic) bond motifs is 1. The van der Waals surface area contributed by atoms with Crippen molar-refractivity contribution in [3.05, 3.63) is 47.7 Å². The van der Waals surface area contributed by atoms with E-state index < -0.39 is 0 Å². The Kier molecular flexibility index (Phi) is 4.97. The number of Topliss-reactive ketones (excluding diaryl/α,β-unsaturated/α-hetero) is 1. The van der Waals surface area contributed by atoms with E-state index in [1.807, 2.05) is 13.0 Å². The molecular formula is C19H19N3O4. The lowest BCUT2D eigenvalue weighted by molar-refractivity contribution is -0.123. The molecule has 1 aromatic carbocycles. The maximum absolute atomic E-state index is 12.4. The molecule has 2 heterocycles. The first-order valence-corrected chi connectivity index (χ1v) is 8.31. The largest absolute Gasteiger partial charge is 0.482 e. The van der Waals surface area contributed by atoms with Crippen LogP contribution in [0.1, 0.15) is 29.3 Å². The van der Waals surface area contributed by atoms with Crippen LogP contribution >= 0.6 is 0 Å². The third kappa shape index (κ3) is 3.72. The number of benzene rings is 1. The lowest BCUT2D eigenvalue weighted by atomic mass is 10.1. The number of nitrogens with zero attached hydrogens (tertiary/aromatic N) is 2. The van der Waals surface area contributed by atoms with E-state index in [-0.39, 0.29) is 30.7 Å². The van der Waals surface area contributed by atoms with Crippen LogP contribution in [0.4, 0.5) is 11.5 Å². The van der Waals surface area contributed by atoms with Gasteiger partial charge in [0.15, 0.2) is 12.4 Å². The summed E-state index contributed by atoms with van der Waals surface area (Å²) in [5.41, 5.74) is 1.87. The number of hydrogen-bond donors (Lipinski definition) is 1. The van der Waals surface area contributed by atoms with Crippen molar-refractivity contribution in [2.75, 3.05) is 23.4 Å². The fourth-order valence-electron chi connectivity index (χ4n) is 2.68. The van der Waals surface area contributed by atoms with E-state index in [0.717, 1.165) is 5.56 Å². The molecule has 2 aromatic rings. The van der Waals surface area contributed by atoms with Crippen LogP contribution in [-0.4, -0.2) is 35.7 Å². The SMILES string of the molecule is CCC(=O)c1ccc2c(c1)N(CC(=O)Nc1cc(C)ccn1)C(=O)CO2. The number of aromatic nitrogens is 1. The summed E-state index contributed by atoms with van der Waals surface area (Å²) in [6.45, 7) is 3.33. The number of anilines is 2. The predicted molar refractivity (Wildman–Crippen MR) is 96.5 cm³/mol. The molecule has 0 spiro atoms. The minimum atomic E-state index is -0.378. The average Bonchev–Trinajstić information content (AvgIpc) is 2.63. The molecule has 0 saturated carbocycles. The van der Waals surface area contributed by atoms with Gasteiger partial charge in [-0.15, -0.1) is 0 Å². The van der Waals surface area contributed by atoms with Crippen LogP contribution in [0.15, 0.2) is 36.5 Å². The molecule has 0 saturated heterocycles. The van der Waals surface area contributed by atoms with E-state index in [1.54, 1.807) is 37.4 Å². The minimum absolute atomic E-state index is 0.0424. The highest BCUT2D eigenvalue weighted by atomic mass is 16.5. The standard InChI is InChI=1S/C19H19N3O4/c1-3-15(23)13-4-5-16-14(9-13)22(19(25)11-26-16)10-18(24)21-17-8-12(2)6-7-20-17/h4-9H,3,10-11H2,1-2H3,(H,20,21,24). The molecule has 3 rings (SSSR count). The van der Waals surface area contributed by atoms with Crippen molar-refractivity contribution >= 4 is 29.1 Å². The van der Waals surface area contributed by atoms with E-state index in [0.29, 0.717) is 29.2 Å². The quantitative estimate of drug-likeness (QED) is 0.834. The van der Waals surface area contributed by atoms with Gasteiger partial charge in [-0.2, -0.15) is 0 Å². The molecule has 0 bridgehead atoms. The summed E-state index contributed by atoms with van der Waals surface area (Å²) in [5.74, 6) is 0.131. The van der Waals surface area contributed by atoms with Gasteiger partial charge in [0, 0.05) is 18.2 Å². The van der Waals surface area contributed by atoms with Crippen molar-refractivity contribution in [2.24, 2.45) is 0 Å². The van der Waals surface area contributed by atoms with Crippen LogP contribution in [0.25, 0.3) is 0 Å². The Balaban J connectivity index is 1.82. The number of rotatable bonds is 5. The van der Waals surface area contributed by atoms with Crippen LogP contribution in [0.3, 0.4) is 0 Å². The van der Waals surface area contributed by atoms with Gasteiger partial charge in [-0.05, 0) is 42.8 Å². The molecule has 134 valence electrons. The zero-order valence-electron chi connectivity index (χ0n) is 14.6. The second-order valence-electron chi connectivity index (χ2n) is 5.99. The zero-order valence-corrected chi connectivity index (χ0v) is 14.6. The molecule has 0 aliphatic carbocycles. The third-order valence-corrected chi connectivity index (χ3v) is 4.03. The monoisotopic (exact) mass is 353 g/mol. The van der Waals surface area contributed by atoms with Crippen LogP contribution in [0.2, 0.25) is 0 Å². The molecule has 2 amide bonds. The number of amides is 2. The van der Waals surface area contributed by atoms with Crippen molar-refractivity contribution in [1.82, 2.24) is 4.98 Å². The summed E-state index contributed by atoms with van der Waals surface area (Å²) in [4.78, 5) is 42.0. The number of ketones is 1. The van der Waals surface area contributed by atoms with Crippen molar-refractivity contribution in [2.45, 2.75) is 20.3 Å². The number of aryl methyl sites for hydroxylation is 1. The fraction of sp³-hybridized carbons (Fsp3) is 0.263. The molecule has 7 heteroatoms. The van der Waals surface area contributed by atoms with Crippen LogP contribution in [0, 0.1) is 6.92 Å². The average molecular weight is 353 g/mol. The van der Waals surface area contributed by atoms with Gasteiger partial charge >= 0.3 is 0 Å². The summed E-state index contributed by atoms with van der Waals surface area (Å²) in [6.07, 6.45) is 1.95. The van der Waals surface area contributed by atoms with E-state index in [2.05, 4.69) is 10.3 Å². The summed E-state index contributed by atoms with van der Waals surface area (Å²) >= 11 is 0. The molecule has 1 aliphatic rings. The number of pyridine rings is 1. The number of ether oxygens (including phenoxy) is 1. The Morgan fingerprint density at radius 3 is 2.81 bits per heavy atom. The van der Waals surface area contributed by atoms with E-state index in [9.17, 15) is 14.4 Å². The molecule has 26 heavy (non-hydrogen) atoms. The van der Waals surface area contributed by atoms with Crippen molar-refractivity contribution in [1.29, 1.82) is 0 Å². The van der Waals surface area contributed by atoms with Gasteiger partial charge in [-0.3, -0.25) is 19.3 Å². The highest BCUT2D eigenvalue weighted by Gasteiger charge is 2.28. The predicted octanol–water partition coefficient (Wildman–Crippen LogP) is 2.35. The van der Waals surface area contributed by atoms with E-state index >= 15 is 0 Å². The molecule has 1 aliphatic heterocycles. The van der Waals surface area contributed by atoms with Crippen LogP contribution in [-0.2, 0) is 9.59 Å². The Morgan fingerprint density at radius 2 is 2.08 bits per heavy atom. The van der Waals surface area contributed by atoms with Crippen molar-refractivity contribution < 1.29 is 19.1 Å². The number of carbonyl (C=O) groups is 3. The molecule has 0 radical (unpaired) electrons. The Morgan fingerprint density at radius 1 is 1.27 bits per heavy atom. The van der Waals surface area contributed by atoms with Gasteiger partial charge in [0.05, 0.1) is 5.69 Å². The molecule has 0 fully saturated rings. The molecule has 7 nitrogen and oxygen atoms in total. The summed E-state index contributed by atoms with van der Waals surface area (Å²) in [6, 6.07) is 8.47. The normalized spacial score (nSPS) is 13.0. The van der Waals surface area contributed by atoms with Gasteiger partial charge in [0.1, 0.15) is 18.1 Å². The maximum atomic E-state index is 12.4. The van der Waals surface area contributed by atoms with Crippen molar-refractivity contribution in [3.8, 4) is 5.75 Å². The van der Waals surface area contributed by atoms with Crippen LogP contribution < -0.4 is 15.0 Å². The number of nitrogens with one attached hydrogen (secondary N) is 1. The lowest BCUT2D eigenvalue weighted by Crippen LogP contribution is -2.43. The topological polar surface area (TPSA) is 88.6 Å². The highest BCUT2D eigenvalue weighted by molar-refractivity contribution is 6.06. The zero-order chi connectivity index (χ0) is 18.7. The maximum Gasteiger partial charge on any atom is 0.265 e. The minimum Gasteiger partial charge on any atom is -0.482 e. The molecular weight excluding hydrogens is 334 g/mol. The van der Waals surface area contributed by atoms with Gasteiger partial charge in [0.25, 0.3) is 5.91 Å². The highest BCUT2D eigenvalue weighted by Crippen LogP contribution is 2.33. The Hall–Kier alpha value is -3.22. The van der Waals surface area contributed by atoms with E-state index in [1.165, 1.54) is 4.90 Å². The first-order chi connectivity index (χ1) is 12.5. The summed E-state index contributed by atoms with van der Waals surface area (Å²) in [7, 11) is 0. The summed E-state index contributed by atoms with van der Waals surface area (Å²) < 4.78 is 5.40. The number of carbonyl (C=O) groups excluding carboxylic acids is 3. The third-order valence-electron chi connectivity index (χ3n) is 4.03. The van der Waals surface area contributed by atoms with E-state index in [4.69, 9.17) is 4.74 Å². The van der Waals surface area contributed by atoms with Crippen molar-refractivity contribution in [3.63, 3.8) is 0 Å². The Bertz CT molecular complexity index is 879. The first-order valence-electron chi connectivity index (χ1n) is 8.31. The molecule has 0 unspecified atom stereocenters. The van der Waals surface area contributed by atoms with Gasteiger partial charge in [-0.1, -0.05) is 6.92 Å². The van der Waals surface area contributed by atoms with Gasteiger partial charge in [-0.25, -0.2) is 4.98 Å². The first kappa shape index (κ1) is 17.6. The number of hydrogen-bond acceptors (Lipinski definition) is 5. The van der Waals surface area contributed by atoms with Crippen LogP contribution in [0.5, 0.6) is 5.75 Å². The summed E-state index contributed by atoms with van der Waals surface area (Å²) in [5, 5.41) is 2.68. The van der Waals surface area contributed by atoms with Gasteiger partial charge in [0.2, 0.25) is 5.91 Å². The Labute approximate surface area is 151 Å². The lowest BCUT2D eigenvalue weighted by Gasteiger charge is -2.29. The molecule has 1 N–H and O–H groups in total.